The molecule has 0 amide bonds. The van der Waals surface area contributed by atoms with E-state index in [1.165, 1.54) is 75.1 Å². The van der Waals surface area contributed by atoms with Gasteiger partial charge in [-0.05, 0) is 85.8 Å². The van der Waals surface area contributed by atoms with Gasteiger partial charge < -0.3 is 4.90 Å². The highest BCUT2D eigenvalue weighted by atomic mass is 32.1. The highest BCUT2D eigenvalue weighted by Gasteiger charge is 2.20. The van der Waals surface area contributed by atoms with Gasteiger partial charge in [0.15, 0.2) is 0 Å². The van der Waals surface area contributed by atoms with E-state index in [0.29, 0.717) is 0 Å². The largest absolute Gasteiger partial charge is 0.310 e. The molecule has 0 aliphatic carbocycles. The Hall–Kier alpha value is -6.48. The topological polar surface area (TPSA) is 3.24 Å². The van der Waals surface area contributed by atoms with Crippen LogP contribution >= 0.6 is 11.3 Å². The molecular formula is C50H33NS. The van der Waals surface area contributed by atoms with E-state index in [-0.39, 0.29) is 0 Å². The van der Waals surface area contributed by atoms with Crippen LogP contribution in [0.25, 0.3) is 75.1 Å². The van der Waals surface area contributed by atoms with Gasteiger partial charge in [0, 0.05) is 37.1 Å². The van der Waals surface area contributed by atoms with Gasteiger partial charge in [-0.25, -0.2) is 0 Å². The van der Waals surface area contributed by atoms with Gasteiger partial charge in [-0.15, -0.1) is 11.3 Å². The van der Waals surface area contributed by atoms with Crippen molar-refractivity contribution >= 4 is 70.1 Å². The Morgan fingerprint density at radius 3 is 1.56 bits per heavy atom. The van der Waals surface area contributed by atoms with E-state index >= 15 is 0 Å². The van der Waals surface area contributed by atoms with Crippen LogP contribution in [0.5, 0.6) is 0 Å². The van der Waals surface area contributed by atoms with Gasteiger partial charge >= 0.3 is 0 Å². The molecule has 0 aliphatic rings. The van der Waals surface area contributed by atoms with E-state index in [1.807, 2.05) is 11.3 Å². The molecule has 10 rings (SSSR count). The Morgan fingerprint density at radius 2 is 0.808 bits per heavy atom. The summed E-state index contributed by atoms with van der Waals surface area (Å²) in [5.41, 5.74) is 10.6. The summed E-state index contributed by atoms with van der Waals surface area (Å²) in [6.45, 7) is 0. The molecule has 1 heterocycles. The summed E-state index contributed by atoms with van der Waals surface area (Å²) < 4.78 is 2.64. The maximum Gasteiger partial charge on any atom is 0.0540 e. The lowest BCUT2D eigenvalue weighted by Crippen LogP contribution is -2.11. The number of thiophene rings is 1. The summed E-state index contributed by atoms with van der Waals surface area (Å²) >= 11 is 1.88. The molecule has 244 valence electrons. The van der Waals surface area contributed by atoms with Crippen LogP contribution in [0, 0.1) is 0 Å². The van der Waals surface area contributed by atoms with Gasteiger partial charge in [0.2, 0.25) is 0 Å². The zero-order valence-corrected chi connectivity index (χ0v) is 29.2. The molecule has 0 fully saturated rings. The number of anilines is 3. The molecule has 0 spiro atoms. The normalized spacial score (nSPS) is 11.5. The second-order valence-corrected chi connectivity index (χ2v) is 14.3. The van der Waals surface area contributed by atoms with Gasteiger partial charge in [0.05, 0.1) is 5.69 Å². The van der Waals surface area contributed by atoms with Crippen LogP contribution < -0.4 is 4.90 Å². The summed E-state index contributed by atoms with van der Waals surface area (Å²) in [5, 5.41) is 7.60. The molecule has 0 saturated carbocycles. The third kappa shape index (κ3) is 5.16. The van der Waals surface area contributed by atoms with E-state index < -0.39 is 0 Å². The first-order valence-corrected chi connectivity index (χ1v) is 18.6. The number of hydrogen-bond acceptors (Lipinski definition) is 2. The minimum Gasteiger partial charge on any atom is -0.310 e. The second-order valence-electron chi connectivity index (χ2n) is 13.3. The van der Waals surface area contributed by atoms with Crippen molar-refractivity contribution in [1.29, 1.82) is 0 Å². The third-order valence-corrected chi connectivity index (χ3v) is 11.5. The molecule has 10 aromatic rings. The van der Waals surface area contributed by atoms with Gasteiger partial charge in [0.1, 0.15) is 0 Å². The van der Waals surface area contributed by atoms with Crippen LogP contribution in [0.15, 0.2) is 200 Å². The standard InChI is InChI=1S/C50H33NS/c1-3-22-40-34(14-1)16-11-26-42(40)36-18-9-20-38(32-36)51(48-30-7-5-24-45(48)44-28-12-17-35-15-2-4-23-41(35)44)39-21-10-19-37(33-39)43-27-13-29-47-46-25-6-8-31-49(46)52-50(43)47/h1-33H. The minimum absolute atomic E-state index is 1.11. The summed E-state index contributed by atoms with van der Waals surface area (Å²) in [5.74, 6) is 0. The fraction of sp³-hybridized carbons (Fsp3) is 0. The van der Waals surface area contributed by atoms with Crippen LogP contribution in [0.1, 0.15) is 0 Å². The van der Waals surface area contributed by atoms with Gasteiger partial charge in [-0.3, -0.25) is 0 Å². The predicted octanol–water partition coefficient (Wildman–Crippen LogP) is 14.8. The van der Waals surface area contributed by atoms with Crippen molar-refractivity contribution in [1.82, 2.24) is 0 Å². The van der Waals surface area contributed by atoms with E-state index in [4.69, 9.17) is 0 Å². The smallest absolute Gasteiger partial charge is 0.0540 e. The quantitative estimate of drug-likeness (QED) is 0.169. The predicted molar refractivity (Wildman–Crippen MR) is 225 cm³/mol. The van der Waals surface area contributed by atoms with E-state index in [1.54, 1.807) is 0 Å². The summed E-state index contributed by atoms with van der Waals surface area (Å²) in [6.07, 6.45) is 0. The summed E-state index contributed by atoms with van der Waals surface area (Å²) in [7, 11) is 0. The van der Waals surface area contributed by atoms with Crippen molar-refractivity contribution < 1.29 is 0 Å². The van der Waals surface area contributed by atoms with Crippen molar-refractivity contribution in [3.8, 4) is 33.4 Å². The molecule has 0 saturated heterocycles. The SMILES string of the molecule is c1cc(-c2cccc3ccccc23)cc(N(c2cccc(-c3cccc4c3sc3ccccc34)c2)c2ccccc2-c2cccc3ccccc23)c1. The molecule has 1 nitrogen and oxygen atoms in total. The molecule has 0 unspecified atom stereocenters. The maximum atomic E-state index is 2.44. The Labute approximate surface area is 307 Å². The fourth-order valence-corrected chi connectivity index (χ4v) is 9.10. The molecule has 2 heteroatoms. The van der Waals surface area contributed by atoms with E-state index in [9.17, 15) is 0 Å². The minimum atomic E-state index is 1.11. The lowest BCUT2D eigenvalue weighted by molar-refractivity contribution is 1.28. The molecule has 9 aromatic carbocycles. The Morgan fingerprint density at radius 1 is 0.327 bits per heavy atom. The van der Waals surface area contributed by atoms with Crippen LogP contribution in [-0.4, -0.2) is 0 Å². The first-order chi connectivity index (χ1) is 25.8. The first kappa shape index (κ1) is 30.4. The highest BCUT2D eigenvalue weighted by molar-refractivity contribution is 7.26. The number of para-hydroxylation sites is 1. The molecule has 0 aliphatic heterocycles. The summed E-state index contributed by atoms with van der Waals surface area (Å²) in [6, 6.07) is 73.0. The second kappa shape index (κ2) is 12.7. The number of hydrogen-bond donors (Lipinski definition) is 0. The van der Waals surface area contributed by atoms with E-state index in [2.05, 4.69) is 205 Å². The maximum absolute atomic E-state index is 2.44. The molecule has 0 atom stereocenters. The van der Waals surface area contributed by atoms with E-state index in [0.717, 1.165) is 17.1 Å². The molecular weight excluding hydrogens is 647 g/mol. The number of fused-ring (bicyclic) bond motifs is 5. The Balaban J connectivity index is 1.20. The Bertz CT molecular complexity index is 2920. The van der Waals surface area contributed by atoms with Crippen molar-refractivity contribution in [2.24, 2.45) is 0 Å². The summed E-state index contributed by atoms with van der Waals surface area (Å²) in [4.78, 5) is 2.44. The molecule has 0 N–H and O–H groups in total. The van der Waals surface area contributed by atoms with Crippen LogP contribution in [0.4, 0.5) is 17.1 Å². The lowest BCUT2D eigenvalue weighted by Gasteiger charge is -2.29. The lowest BCUT2D eigenvalue weighted by atomic mass is 9.95. The average molecular weight is 680 g/mol. The molecule has 0 radical (unpaired) electrons. The number of rotatable bonds is 6. The number of nitrogens with zero attached hydrogens (tertiary/aromatic N) is 1. The average Bonchev–Trinajstić information content (AvgIpc) is 3.60. The zero-order valence-electron chi connectivity index (χ0n) is 28.4. The fourth-order valence-electron chi connectivity index (χ4n) is 7.86. The van der Waals surface area contributed by atoms with Crippen molar-refractivity contribution in [3.63, 3.8) is 0 Å². The van der Waals surface area contributed by atoms with Crippen LogP contribution in [-0.2, 0) is 0 Å². The highest BCUT2D eigenvalue weighted by Crippen LogP contribution is 2.46. The Kier molecular flexibility index (Phi) is 7.41. The van der Waals surface area contributed by atoms with Crippen molar-refractivity contribution in [2.45, 2.75) is 0 Å². The van der Waals surface area contributed by atoms with Crippen LogP contribution in [0.2, 0.25) is 0 Å². The third-order valence-electron chi connectivity index (χ3n) is 10.2. The molecule has 1 aromatic heterocycles. The first-order valence-electron chi connectivity index (χ1n) is 17.8. The molecule has 0 bridgehead atoms. The van der Waals surface area contributed by atoms with Crippen molar-refractivity contribution in [2.75, 3.05) is 4.90 Å². The number of benzene rings is 9. The van der Waals surface area contributed by atoms with Gasteiger partial charge in [-0.2, -0.15) is 0 Å². The van der Waals surface area contributed by atoms with Gasteiger partial charge in [0.25, 0.3) is 0 Å². The monoisotopic (exact) mass is 679 g/mol. The van der Waals surface area contributed by atoms with Gasteiger partial charge in [-0.1, -0.05) is 164 Å². The molecule has 52 heavy (non-hydrogen) atoms. The van der Waals surface area contributed by atoms with Crippen molar-refractivity contribution in [3.05, 3.63) is 200 Å². The van der Waals surface area contributed by atoms with Crippen LogP contribution in [0.3, 0.4) is 0 Å². The zero-order chi connectivity index (χ0) is 34.4.